The summed E-state index contributed by atoms with van der Waals surface area (Å²) in [4.78, 5) is 0. The molecule has 0 aliphatic rings. The fraction of sp³-hybridized carbons (Fsp3) is 0.200. The zero-order valence-electron chi connectivity index (χ0n) is 6.92. The molecule has 0 saturated carbocycles. The first-order chi connectivity index (χ1) is 5.61. The minimum absolute atomic E-state index is 0.543. The van der Waals surface area contributed by atoms with Crippen LogP contribution in [0.15, 0.2) is 40.9 Å². The zero-order valence-corrected chi connectivity index (χ0v) is 8.51. The van der Waals surface area contributed by atoms with Crippen molar-refractivity contribution in [2.75, 3.05) is 0 Å². The van der Waals surface area contributed by atoms with Crippen molar-refractivity contribution < 1.29 is 5.11 Å². The first-order valence-corrected chi connectivity index (χ1v) is 4.49. The third-order valence-corrected chi connectivity index (χ3v) is 2.18. The minimum atomic E-state index is -0.543. The Balaban J connectivity index is 2.89. The molecule has 0 amide bonds. The number of benzene rings is 1. The molecule has 1 N–H and O–H groups in total. The van der Waals surface area contributed by atoms with Crippen LogP contribution in [0.4, 0.5) is 0 Å². The maximum atomic E-state index is 9.57. The monoisotopic (exact) mass is 226 g/mol. The third kappa shape index (κ3) is 2.19. The van der Waals surface area contributed by atoms with Crippen LogP contribution in [-0.2, 0) is 0 Å². The lowest BCUT2D eigenvalue weighted by Gasteiger charge is -2.09. The second-order valence-electron chi connectivity index (χ2n) is 2.80. The molecule has 0 saturated heterocycles. The molecule has 0 spiro atoms. The van der Waals surface area contributed by atoms with Crippen molar-refractivity contribution >= 4 is 15.9 Å². The van der Waals surface area contributed by atoms with E-state index in [4.69, 9.17) is 0 Å². The van der Waals surface area contributed by atoms with Gasteiger partial charge in [0, 0.05) is 4.47 Å². The van der Waals surface area contributed by atoms with Crippen LogP contribution >= 0.6 is 15.9 Å². The SMILES string of the molecule is C=C(C)[C@@H](O)c1ccc(Br)cc1. The molecular weight excluding hydrogens is 216 g/mol. The van der Waals surface area contributed by atoms with Crippen LogP contribution in [0.5, 0.6) is 0 Å². The molecular formula is C10H11BrO. The molecule has 0 aliphatic heterocycles. The van der Waals surface area contributed by atoms with Crippen molar-refractivity contribution in [3.05, 3.63) is 46.5 Å². The third-order valence-electron chi connectivity index (χ3n) is 1.65. The Kier molecular flexibility index (Phi) is 3.06. The molecule has 1 atom stereocenters. The molecule has 64 valence electrons. The van der Waals surface area contributed by atoms with Crippen molar-refractivity contribution in [2.45, 2.75) is 13.0 Å². The van der Waals surface area contributed by atoms with E-state index < -0.39 is 6.10 Å². The summed E-state index contributed by atoms with van der Waals surface area (Å²) in [6, 6.07) is 7.57. The number of hydrogen-bond donors (Lipinski definition) is 1. The van der Waals surface area contributed by atoms with Gasteiger partial charge in [0.05, 0.1) is 6.10 Å². The van der Waals surface area contributed by atoms with E-state index in [1.165, 1.54) is 0 Å². The molecule has 0 aliphatic carbocycles. The van der Waals surface area contributed by atoms with Gasteiger partial charge in [-0.05, 0) is 30.2 Å². The van der Waals surface area contributed by atoms with Gasteiger partial charge < -0.3 is 5.11 Å². The first-order valence-electron chi connectivity index (χ1n) is 3.70. The number of rotatable bonds is 2. The van der Waals surface area contributed by atoms with E-state index >= 15 is 0 Å². The molecule has 1 aromatic carbocycles. The highest BCUT2D eigenvalue weighted by molar-refractivity contribution is 9.10. The summed E-state index contributed by atoms with van der Waals surface area (Å²) in [6.45, 7) is 5.50. The van der Waals surface area contributed by atoms with Gasteiger partial charge >= 0.3 is 0 Å². The number of hydrogen-bond acceptors (Lipinski definition) is 1. The molecule has 1 rings (SSSR count). The summed E-state index contributed by atoms with van der Waals surface area (Å²) >= 11 is 3.33. The van der Waals surface area contributed by atoms with Crippen LogP contribution in [0.25, 0.3) is 0 Å². The lowest BCUT2D eigenvalue weighted by Crippen LogP contribution is -1.96. The molecule has 1 nitrogen and oxygen atoms in total. The number of aliphatic hydroxyl groups excluding tert-OH is 1. The predicted molar refractivity (Wildman–Crippen MR) is 53.9 cm³/mol. The predicted octanol–water partition coefficient (Wildman–Crippen LogP) is 3.06. The maximum Gasteiger partial charge on any atom is 0.0995 e. The largest absolute Gasteiger partial charge is 0.384 e. The van der Waals surface area contributed by atoms with E-state index in [1.807, 2.05) is 31.2 Å². The second-order valence-corrected chi connectivity index (χ2v) is 3.72. The Labute approximate surface area is 80.9 Å². The molecule has 12 heavy (non-hydrogen) atoms. The normalized spacial score (nSPS) is 12.6. The maximum absolute atomic E-state index is 9.57. The summed E-state index contributed by atoms with van der Waals surface area (Å²) in [7, 11) is 0. The summed E-state index contributed by atoms with van der Waals surface area (Å²) < 4.78 is 1.01. The van der Waals surface area contributed by atoms with Crippen LogP contribution in [0.1, 0.15) is 18.6 Å². The number of aliphatic hydroxyl groups is 1. The Morgan fingerprint density at radius 1 is 1.42 bits per heavy atom. The van der Waals surface area contributed by atoms with E-state index in [0.29, 0.717) is 0 Å². The highest BCUT2D eigenvalue weighted by Crippen LogP contribution is 2.21. The van der Waals surface area contributed by atoms with Gasteiger partial charge in [-0.15, -0.1) is 0 Å². The Bertz CT molecular complexity index is 276. The minimum Gasteiger partial charge on any atom is -0.384 e. The van der Waals surface area contributed by atoms with Crippen molar-refractivity contribution in [3.63, 3.8) is 0 Å². The molecule has 2 heteroatoms. The lowest BCUT2D eigenvalue weighted by molar-refractivity contribution is 0.216. The topological polar surface area (TPSA) is 20.2 Å². The van der Waals surface area contributed by atoms with Gasteiger partial charge in [0.1, 0.15) is 0 Å². The van der Waals surface area contributed by atoms with Gasteiger partial charge in [0.2, 0.25) is 0 Å². The molecule has 0 heterocycles. The number of halogens is 1. The average molecular weight is 227 g/mol. The molecule has 0 fully saturated rings. The standard InChI is InChI=1S/C10H11BrO/c1-7(2)10(12)8-3-5-9(11)6-4-8/h3-6,10,12H,1H2,2H3/t10-/m1/s1. The van der Waals surface area contributed by atoms with E-state index in [-0.39, 0.29) is 0 Å². The highest BCUT2D eigenvalue weighted by atomic mass is 79.9. The van der Waals surface area contributed by atoms with Crippen LogP contribution in [0.3, 0.4) is 0 Å². The van der Waals surface area contributed by atoms with Crippen LogP contribution < -0.4 is 0 Å². The summed E-state index contributed by atoms with van der Waals surface area (Å²) in [5.41, 5.74) is 1.64. The van der Waals surface area contributed by atoms with Gasteiger partial charge in [-0.25, -0.2) is 0 Å². The fourth-order valence-electron chi connectivity index (χ4n) is 0.930. The van der Waals surface area contributed by atoms with Gasteiger partial charge in [-0.1, -0.05) is 34.6 Å². The first kappa shape index (κ1) is 9.49. The van der Waals surface area contributed by atoms with Crippen LogP contribution in [-0.4, -0.2) is 5.11 Å². The van der Waals surface area contributed by atoms with Crippen molar-refractivity contribution in [1.82, 2.24) is 0 Å². The Hall–Kier alpha value is -0.600. The Morgan fingerprint density at radius 2 is 1.92 bits per heavy atom. The second kappa shape index (κ2) is 3.87. The van der Waals surface area contributed by atoms with E-state index in [2.05, 4.69) is 22.5 Å². The molecule has 0 radical (unpaired) electrons. The summed E-state index contributed by atoms with van der Waals surface area (Å²) in [5.74, 6) is 0. The average Bonchev–Trinajstić information content (AvgIpc) is 2.04. The summed E-state index contributed by atoms with van der Waals surface area (Å²) in [5, 5.41) is 9.57. The van der Waals surface area contributed by atoms with Crippen molar-refractivity contribution in [1.29, 1.82) is 0 Å². The lowest BCUT2D eigenvalue weighted by atomic mass is 10.0. The quantitative estimate of drug-likeness (QED) is 0.770. The molecule has 0 aromatic heterocycles. The zero-order chi connectivity index (χ0) is 9.14. The van der Waals surface area contributed by atoms with E-state index in [9.17, 15) is 5.11 Å². The van der Waals surface area contributed by atoms with Crippen molar-refractivity contribution in [2.24, 2.45) is 0 Å². The summed E-state index contributed by atoms with van der Waals surface area (Å²) in [6.07, 6.45) is -0.543. The van der Waals surface area contributed by atoms with Gasteiger partial charge in [0.25, 0.3) is 0 Å². The fourth-order valence-corrected chi connectivity index (χ4v) is 1.19. The van der Waals surface area contributed by atoms with E-state index in [0.717, 1.165) is 15.6 Å². The Morgan fingerprint density at radius 3 is 2.33 bits per heavy atom. The van der Waals surface area contributed by atoms with Crippen molar-refractivity contribution in [3.8, 4) is 0 Å². The molecule has 0 unspecified atom stereocenters. The van der Waals surface area contributed by atoms with E-state index in [1.54, 1.807) is 0 Å². The molecule has 0 bridgehead atoms. The molecule has 1 aromatic rings. The highest BCUT2D eigenvalue weighted by Gasteiger charge is 2.06. The van der Waals surface area contributed by atoms with Gasteiger partial charge in [0.15, 0.2) is 0 Å². The smallest absolute Gasteiger partial charge is 0.0995 e. The van der Waals surface area contributed by atoms with Crippen LogP contribution in [0, 0.1) is 0 Å². The van der Waals surface area contributed by atoms with Gasteiger partial charge in [-0.3, -0.25) is 0 Å². The van der Waals surface area contributed by atoms with Crippen LogP contribution in [0.2, 0.25) is 0 Å². The van der Waals surface area contributed by atoms with Gasteiger partial charge in [-0.2, -0.15) is 0 Å².